The predicted molar refractivity (Wildman–Crippen MR) is 205 cm³/mol. The maximum atomic E-state index is 13.2. The molecule has 0 unspecified atom stereocenters. The molecule has 3 rings (SSSR count). The van der Waals surface area contributed by atoms with E-state index in [0.29, 0.717) is 19.1 Å². The summed E-state index contributed by atoms with van der Waals surface area (Å²) in [5.41, 5.74) is -1.49. The Bertz CT molecular complexity index is 1350. The van der Waals surface area contributed by atoms with Gasteiger partial charge in [-0.25, -0.2) is 0 Å². The molecule has 16 nitrogen and oxygen atoms in total. The fraction of sp³-hybridized carbons (Fsp3) is 0.805. The Morgan fingerprint density at radius 2 is 1.72 bits per heavy atom. The minimum atomic E-state index is -1.49. The Kier molecular flexibility index (Phi) is 19.2. The smallest absolute Gasteiger partial charge is 0.309 e. The van der Waals surface area contributed by atoms with Crippen LogP contribution in [0.3, 0.4) is 0 Å². The van der Waals surface area contributed by atoms with Gasteiger partial charge in [-0.3, -0.25) is 14.4 Å². The van der Waals surface area contributed by atoms with E-state index in [1.165, 1.54) is 14.0 Å². The van der Waals surface area contributed by atoms with E-state index < -0.39 is 121 Å². The summed E-state index contributed by atoms with van der Waals surface area (Å²) in [6.45, 7) is 11.6. The molecule has 0 spiro atoms. The van der Waals surface area contributed by atoms with Crippen LogP contribution in [0.1, 0.15) is 93.4 Å². The zero-order valence-electron chi connectivity index (χ0n) is 35.2. The lowest BCUT2D eigenvalue weighted by Gasteiger charge is -2.50. The van der Waals surface area contributed by atoms with Gasteiger partial charge < -0.3 is 62.9 Å². The number of carbonyl (C=O) groups excluding carboxylic acids is 4. The molecule has 3 aliphatic heterocycles. The summed E-state index contributed by atoms with van der Waals surface area (Å²) in [4.78, 5) is 52.0. The summed E-state index contributed by atoms with van der Waals surface area (Å²) in [7, 11) is 4.85. The third-order valence-electron chi connectivity index (χ3n) is 10.8. The number of nitrogens with zero attached hydrogens (tertiary/aromatic N) is 1. The maximum Gasteiger partial charge on any atom is 0.309 e. The van der Waals surface area contributed by atoms with Gasteiger partial charge in [0.05, 0.1) is 36.9 Å². The fourth-order valence-corrected chi connectivity index (χ4v) is 7.96. The number of ether oxygens (including phenoxy) is 8. The van der Waals surface area contributed by atoms with Crippen molar-refractivity contribution in [3.63, 3.8) is 0 Å². The van der Waals surface area contributed by atoms with E-state index in [4.69, 9.17) is 37.9 Å². The molecule has 16 atom stereocenters. The topological polar surface area (TPSA) is 206 Å². The maximum absolute atomic E-state index is 13.2. The van der Waals surface area contributed by atoms with Gasteiger partial charge in [0.1, 0.15) is 42.4 Å². The number of aldehydes is 1. The number of cyclic esters (lactones) is 1. The minimum Gasteiger partial charge on any atom is -0.462 e. The average Bonchev–Trinajstić information content (AvgIpc) is 3.10. The number of allylic oxidation sites excluding steroid dienone is 2. The molecule has 0 amide bonds. The Labute approximate surface area is 337 Å². The number of esters is 3. The highest BCUT2D eigenvalue weighted by atomic mass is 16.7. The second-order valence-corrected chi connectivity index (χ2v) is 16.1. The highest BCUT2D eigenvalue weighted by Crippen LogP contribution is 2.37. The van der Waals surface area contributed by atoms with Crippen molar-refractivity contribution in [1.29, 1.82) is 0 Å². The highest BCUT2D eigenvalue weighted by molar-refractivity contribution is 5.72. The van der Waals surface area contributed by atoms with Crippen molar-refractivity contribution in [2.45, 2.75) is 179 Å². The number of aliphatic hydroxyl groups excluding tert-OH is 2. The Morgan fingerprint density at radius 3 is 2.32 bits per heavy atom. The predicted octanol–water partition coefficient (Wildman–Crippen LogP) is 2.77. The van der Waals surface area contributed by atoms with E-state index in [2.05, 4.69) is 0 Å². The number of aliphatic hydroxyl groups is 3. The highest BCUT2D eigenvalue weighted by Gasteiger charge is 2.53. The quantitative estimate of drug-likeness (QED) is 0.147. The molecule has 0 aromatic rings. The van der Waals surface area contributed by atoms with Crippen LogP contribution in [0.25, 0.3) is 0 Å². The van der Waals surface area contributed by atoms with E-state index in [9.17, 15) is 34.5 Å². The number of hydrogen-bond donors (Lipinski definition) is 3. The minimum absolute atomic E-state index is 0.0416. The summed E-state index contributed by atoms with van der Waals surface area (Å²) >= 11 is 0. The molecule has 16 heteroatoms. The van der Waals surface area contributed by atoms with Crippen molar-refractivity contribution < 1.29 is 72.4 Å². The van der Waals surface area contributed by atoms with Gasteiger partial charge in [-0.05, 0) is 66.5 Å². The standard InChI is InChI=1S/C41H67NO15/c1-11-15-31(46)55-39-26(5)52-33(22-41(39,7)49)56-36-25(4)53-40(35(48)34(36)42(8)9)57-37-28(18-19-43)20-23(2)29(45)17-14-12-13-16-24(3)51-32(47)21-30(38(37)50-10)54-27(6)44/h12-14,17,19,23-26,28-30,33-40,45,48-49H,11,15-16,18,20-22H2,1-10H3/b13-12-,17-14+/t23-,24-,25-,26+,28+,29+,30-,33+,34-,35-,36-,37+,38-,39+,40+,41-/m1/s1. The molecular weight excluding hydrogens is 746 g/mol. The first-order chi connectivity index (χ1) is 26.8. The van der Waals surface area contributed by atoms with Gasteiger partial charge in [0, 0.05) is 39.7 Å². The monoisotopic (exact) mass is 813 g/mol. The lowest BCUT2D eigenvalue weighted by atomic mass is 9.82. The summed E-state index contributed by atoms with van der Waals surface area (Å²) in [6, 6.07) is -0.779. The van der Waals surface area contributed by atoms with E-state index in [1.54, 1.807) is 71.0 Å². The molecule has 2 fully saturated rings. The van der Waals surface area contributed by atoms with Crippen LogP contribution in [0.2, 0.25) is 0 Å². The van der Waals surface area contributed by atoms with Gasteiger partial charge in [0.15, 0.2) is 18.7 Å². The Morgan fingerprint density at radius 1 is 1.02 bits per heavy atom. The SMILES string of the molecule is CCCC(=O)O[C@H]1[C@H](C)O[C@@H](O[C@H]2[C@H](N(C)C)[C@@H](O)[C@H](O[C@H]3[C@@H](CC=O)C[C@@H](C)[C@@H](O)/C=C/C=C\C[C@@H](C)OC(=O)C[C@@H](OC(C)=O)[C@H]3OC)O[C@@H]2C)C[C@@]1(C)O. The van der Waals surface area contributed by atoms with Crippen LogP contribution in [0, 0.1) is 11.8 Å². The zero-order valence-corrected chi connectivity index (χ0v) is 35.2. The molecule has 0 saturated carbocycles. The van der Waals surface area contributed by atoms with E-state index >= 15 is 0 Å². The van der Waals surface area contributed by atoms with Gasteiger partial charge in [-0.1, -0.05) is 38.2 Å². The molecule has 0 aromatic heterocycles. The zero-order chi connectivity index (χ0) is 42.6. The van der Waals surface area contributed by atoms with Crippen LogP contribution in [0.4, 0.5) is 0 Å². The number of likely N-dealkylation sites (N-methyl/N-ethyl adjacent to an activating group) is 1. The van der Waals surface area contributed by atoms with Crippen LogP contribution in [-0.4, -0.2) is 151 Å². The molecule has 57 heavy (non-hydrogen) atoms. The van der Waals surface area contributed by atoms with Crippen LogP contribution in [-0.2, 0) is 57.1 Å². The number of hydrogen-bond acceptors (Lipinski definition) is 16. The molecule has 2 saturated heterocycles. The fourth-order valence-electron chi connectivity index (χ4n) is 7.96. The summed E-state index contributed by atoms with van der Waals surface area (Å²) < 4.78 is 48.4. The largest absolute Gasteiger partial charge is 0.462 e. The molecule has 3 N–H and O–H groups in total. The van der Waals surface area contributed by atoms with Crippen LogP contribution in [0.15, 0.2) is 24.3 Å². The molecule has 3 heterocycles. The Balaban J connectivity index is 1.99. The molecule has 0 aliphatic carbocycles. The van der Waals surface area contributed by atoms with Gasteiger partial charge >= 0.3 is 17.9 Å². The number of rotatable bonds is 12. The second kappa shape index (κ2) is 22.5. The van der Waals surface area contributed by atoms with E-state index in [0.717, 1.165) is 0 Å². The lowest BCUT2D eigenvalue weighted by Crippen LogP contribution is -2.66. The van der Waals surface area contributed by atoms with E-state index in [-0.39, 0.29) is 25.7 Å². The van der Waals surface area contributed by atoms with Crippen molar-refractivity contribution in [3.8, 4) is 0 Å². The van der Waals surface area contributed by atoms with Crippen molar-refractivity contribution in [3.05, 3.63) is 24.3 Å². The third-order valence-corrected chi connectivity index (χ3v) is 10.8. The second-order valence-electron chi connectivity index (χ2n) is 16.1. The van der Waals surface area contributed by atoms with E-state index in [1.807, 2.05) is 13.8 Å². The van der Waals surface area contributed by atoms with Crippen LogP contribution < -0.4 is 0 Å². The van der Waals surface area contributed by atoms with Crippen molar-refractivity contribution in [1.82, 2.24) is 4.90 Å². The lowest BCUT2D eigenvalue weighted by molar-refractivity contribution is -0.344. The molecule has 3 aliphatic rings. The summed E-state index contributed by atoms with van der Waals surface area (Å²) in [5, 5.41) is 34.5. The Hall–Kier alpha value is -2.80. The first kappa shape index (κ1) is 48.6. The summed E-state index contributed by atoms with van der Waals surface area (Å²) in [6.07, 6.45) is -3.45. The normalized spacial score (nSPS) is 41.1. The molecule has 0 aromatic carbocycles. The van der Waals surface area contributed by atoms with Crippen molar-refractivity contribution in [2.24, 2.45) is 11.8 Å². The van der Waals surface area contributed by atoms with Gasteiger partial charge in [0.25, 0.3) is 0 Å². The van der Waals surface area contributed by atoms with Crippen LogP contribution in [0.5, 0.6) is 0 Å². The summed E-state index contributed by atoms with van der Waals surface area (Å²) in [5.74, 6) is -2.88. The van der Waals surface area contributed by atoms with Crippen LogP contribution >= 0.6 is 0 Å². The van der Waals surface area contributed by atoms with Crippen molar-refractivity contribution in [2.75, 3.05) is 21.2 Å². The number of carbonyl (C=O) groups is 4. The molecule has 326 valence electrons. The van der Waals surface area contributed by atoms with Crippen molar-refractivity contribution >= 4 is 24.2 Å². The van der Waals surface area contributed by atoms with Gasteiger partial charge in [0.2, 0.25) is 0 Å². The first-order valence-electron chi connectivity index (χ1n) is 20.1. The van der Waals surface area contributed by atoms with Gasteiger partial charge in [-0.2, -0.15) is 0 Å². The molecule has 0 bridgehead atoms. The molecule has 0 radical (unpaired) electrons. The van der Waals surface area contributed by atoms with Gasteiger partial charge in [-0.15, -0.1) is 0 Å². The first-order valence-corrected chi connectivity index (χ1v) is 20.1. The average molecular weight is 814 g/mol. The number of methoxy groups -OCH3 is 1. The molecular formula is C41H67NO15. The third kappa shape index (κ3) is 13.9.